The Labute approximate surface area is 181 Å². The molecule has 1 aromatic rings. The fourth-order valence-electron chi connectivity index (χ4n) is 3.45. The summed E-state index contributed by atoms with van der Waals surface area (Å²) in [6, 6.07) is 7.12. The molecule has 1 saturated heterocycles. The van der Waals surface area contributed by atoms with Gasteiger partial charge in [0, 0.05) is 39.4 Å². The first-order valence-electron chi connectivity index (χ1n) is 11.3. The van der Waals surface area contributed by atoms with E-state index in [4.69, 9.17) is 4.74 Å². The highest BCUT2D eigenvalue weighted by Crippen LogP contribution is 2.28. The number of ether oxygens (including phenoxy) is 1. The van der Waals surface area contributed by atoms with Gasteiger partial charge >= 0.3 is 0 Å². The highest BCUT2D eigenvalue weighted by Gasteiger charge is 2.25. The zero-order chi connectivity index (χ0) is 21.2. The summed E-state index contributed by atoms with van der Waals surface area (Å²) >= 11 is 0. The molecular weight excluding hydrogens is 400 g/mol. The fourth-order valence-corrected chi connectivity index (χ4v) is 4.97. The average molecular weight is 437 g/mol. The summed E-state index contributed by atoms with van der Waals surface area (Å²) in [5.41, 5.74) is 0.984. The predicted molar refractivity (Wildman–Crippen MR) is 120 cm³/mol. The minimum Gasteiger partial charge on any atom is -0.381 e. The lowest BCUT2D eigenvalue weighted by molar-refractivity contribution is 0.123. The van der Waals surface area contributed by atoms with E-state index in [0.717, 1.165) is 69.4 Å². The molecule has 1 heterocycles. The van der Waals surface area contributed by atoms with Gasteiger partial charge in [-0.05, 0) is 62.6 Å². The monoisotopic (exact) mass is 436 g/mol. The van der Waals surface area contributed by atoms with Crippen molar-refractivity contribution >= 4 is 16.0 Å². The Hall–Kier alpha value is -1.64. The first-order chi connectivity index (χ1) is 14.6. The predicted octanol–water partition coefficient (Wildman–Crippen LogP) is 2.73. The molecule has 3 rings (SSSR count). The third-order valence-corrected chi connectivity index (χ3v) is 7.36. The van der Waals surface area contributed by atoms with Crippen LogP contribution >= 0.6 is 0 Å². The van der Waals surface area contributed by atoms with E-state index in [1.165, 1.54) is 12.8 Å². The number of nitrogens with one attached hydrogen (secondary N) is 2. The summed E-state index contributed by atoms with van der Waals surface area (Å²) < 4.78 is 32.8. The SMILES string of the molecule is CCNC(=NCc1ccc(S(=O)(=O)N2CCCCC2)cc1)NCCCOCC1CC1. The Morgan fingerprint density at radius 2 is 1.87 bits per heavy atom. The van der Waals surface area contributed by atoms with E-state index < -0.39 is 10.0 Å². The second kappa shape index (κ2) is 11.7. The van der Waals surface area contributed by atoms with Crippen LogP contribution in [-0.2, 0) is 21.3 Å². The molecule has 0 radical (unpaired) electrons. The first kappa shape index (κ1) is 23.0. The smallest absolute Gasteiger partial charge is 0.243 e. The van der Waals surface area contributed by atoms with Crippen molar-refractivity contribution in [1.82, 2.24) is 14.9 Å². The van der Waals surface area contributed by atoms with E-state index in [1.54, 1.807) is 16.4 Å². The highest BCUT2D eigenvalue weighted by molar-refractivity contribution is 7.89. The van der Waals surface area contributed by atoms with Gasteiger partial charge in [-0.3, -0.25) is 0 Å². The molecule has 0 spiro atoms. The summed E-state index contributed by atoms with van der Waals surface area (Å²) in [5, 5.41) is 6.58. The Morgan fingerprint density at radius 1 is 1.13 bits per heavy atom. The van der Waals surface area contributed by atoms with Crippen molar-refractivity contribution in [1.29, 1.82) is 0 Å². The molecule has 2 N–H and O–H groups in total. The zero-order valence-corrected chi connectivity index (χ0v) is 18.9. The van der Waals surface area contributed by atoms with Gasteiger partial charge in [0.25, 0.3) is 0 Å². The molecule has 1 aromatic carbocycles. The molecule has 168 valence electrons. The highest BCUT2D eigenvalue weighted by atomic mass is 32.2. The van der Waals surface area contributed by atoms with E-state index in [-0.39, 0.29) is 0 Å². The maximum atomic E-state index is 12.8. The minimum atomic E-state index is -3.38. The van der Waals surface area contributed by atoms with Gasteiger partial charge in [-0.25, -0.2) is 13.4 Å². The number of piperidine rings is 1. The summed E-state index contributed by atoms with van der Waals surface area (Å²) in [7, 11) is -3.38. The van der Waals surface area contributed by atoms with Crippen LogP contribution in [0.25, 0.3) is 0 Å². The van der Waals surface area contributed by atoms with Crippen molar-refractivity contribution < 1.29 is 13.2 Å². The van der Waals surface area contributed by atoms with Crippen LogP contribution in [0.2, 0.25) is 0 Å². The summed E-state index contributed by atoms with van der Waals surface area (Å²) in [6.07, 6.45) is 6.58. The van der Waals surface area contributed by atoms with Gasteiger partial charge in [0.15, 0.2) is 5.96 Å². The molecular formula is C22H36N4O3S. The van der Waals surface area contributed by atoms with Crippen LogP contribution in [0.15, 0.2) is 34.2 Å². The summed E-state index contributed by atoms with van der Waals surface area (Å²) in [6.45, 7) is 7.05. The third-order valence-electron chi connectivity index (χ3n) is 5.45. The standard InChI is InChI=1S/C22H36N4O3S/c1-2-23-22(24-13-6-16-29-18-20-7-8-20)25-17-19-9-11-21(12-10-19)30(27,28)26-14-4-3-5-15-26/h9-12,20H,2-8,13-18H2,1H3,(H2,23,24,25). The molecule has 30 heavy (non-hydrogen) atoms. The van der Waals surface area contributed by atoms with Gasteiger partial charge < -0.3 is 15.4 Å². The van der Waals surface area contributed by atoms with Crippen molar-refractivity contribution in [2.75, 3.05) is 39.4 Å². The van der Waals surface area contributed by atoms with Crippen LogP contribution < -0.4 is 10.6 Å². The van der Waals surface area contributed by atoms with Gasteiger partial charge in [0.2, 0.25) is 10.0 Å². The van der Waals surface area contributed by atoms with Gasteiger partial charge in [-0.2, -0.15) is 4.31 Å². The zero-order valence-electron chi connectivity index (χ0n) is 18.1. The molecule has 1 saturated carbocycles. The Bertz CT molecular complexity index is 770. The topological polar surface area (TPSA) is 83.0 Å². The Morgan fingerprint density at radius 3 is 2.53 bits per heavy atom. The van der Waals surface area contributed by atoms with E-state index in [2.05, 4.69) is 15.6 Å². The van der Waals surface area contributed by atoms with E-state index in [1.807, 2.05) is 19.1 Å². The second-order valence-electron chi connectivity index (χ2n) is 8.10. The summed E-state index contributed by atoms with van der Waals surface area (Å²) in [5.74, 6) is 1.57. The first-order valence-corrected chi connectivity index (χ1v) is 12.7. The number of aliphatic imine (C=N–C) groups is 1. The number of nitrogens with zero attached hydrogens (tertiary/aromatic N) is 2. The number of benzene rings is 1. The summed E-state index contributed by atoms with van der Waals surface area (Å²) in [4.78, 5) is 4.98. The molecule has 1 aliphatic carbocycles. The number of hydrogen-bond donors (Lipinski definition) is 2. The van der Waals surface area contributed by atoms with Crippen molar-refractivity contribution in [2.45, 2.75) is 56.9 Å². The number of guanidine groups is 1. The van der Waals surface area contributed by atoms with Crippen LogP contribution in [0.5, 0.6) is 0 Å². The van der Waals surface area contributed by atoms with Crippen molar-refractivity contribution in [2.24, 2.45) is 10.9 Å². The maximum absolute atomic E-state index is 12.8. The van der Waals surface area contributed by atoms with Crippen LogP contribution in [-0.4, -0.2) is 58.1 Å². The normalized spacial score (nSPS) is 18.4. The molecule has 0 unspecified atom stereocenters. The largest absolute Gasteiger partial charge is 0.381 e. The number of hydrogen-bond acceptors (Lipinski definition) is 4. The number of rotatable bonds is 11. The van der Waals surface area contributed by atoms with Crippen LogP contribution in [0.4, 0.5) is 0 Å². The van der Waals surface area contributed by atoms with Gasteiger partial charge in [-0.1, -0.05) is 18.6 Å². The van der Waals surface area contributed by atoms with Crippen molar-refractivity contribution in [3.8, 4) is 0 Å². The molecule has 1 aliphatic heterocycles. The minimum absolute atomic E-state index is 0.369. The van der Waals surface area contributed by atoms with Crippen molar-refractivity contribution in [3.05, 3.63) is 29.8 Å². The second-order valence-corrected chi connectivity index (χ2v) is 10.0. The Kier molecular flexibility index (Phi) is 8.96. The molecule has 2 aliphatic rings. The third kappa shape index (κ3) is 7.25. The Balaban J connectivity index is 1.47. The maximum Gasteiger partial charge on any atom is 0.243 e. The molecule has 0 aromatic heterocycles. The van der Waals surface area contributed by atoms with Crippen molar-refractivity contribution in [3.63, 3.8) is 0 Å². The van der Waals surface area contributed by atoms with E-state index >= 15 is 0 Å². The molecule has 7 nitrogen and oxygen atoms in total. The lowest BCUT2D eigenvalue weighted by atomic mass is 10.2. The van der Waals surface area contributed by atoms with Crippen LogP contribution in [0, 0.1) is 5.92 Å². The molecule has 8 heteroatoms. The van der Waals surface area contributed by atoms with Gasteiger partial charge in [0.05, 0.1) is 11.4 Å². The molecule has 2 fully saturated rings. The lowest BCUT2D eigenvalue weighted by Gasteiger charge is -2.25. The quantitative estimate of drug-likeness (QED) is 0.317. The molecule has 0 bridgehead atoms. The van der Waals surface area contributed by atoms with Crippen LogP contribution in [0.3, 0.4) is 0 Å². The van der Waals surface area contributed by atoms with E-state index in [9.17, 15) is 8.42 Å². The lowest BCUT2D eigenvalue weighted by Crippen LogP contribution is -2.38. The average Bonchev–Trinajstić information content (AvgIpc) is 3.59. The van der Waals surface area contributed by atoms with Gasteiger partial charge in [0.1, 0.15) is 0 Å². The number of sulfonamides is 1. The van der Waals surface area contributed by atoms with Gasteiger partial charge in [-0.15, -0.1) is 0 Å². The van der Waals surface area contributed by atoms with E-state index in [0.29, 0.717) is 24.5 Å². The molecule has 0 atom stereocenters. The fraction of sp³-hybridized carbons (Fsp3) is 0.682. The van der Waals surface area contributed by atoms with Crippen LogP contribution in [0.1, 0.15) is 51.0 Å². The molecule has 0 amide bonds.